The first-order chi connectivity index (χ1) is 9.74. The smallest absolute Gasteiger partial charge is 0.167 e. The third-order valence-corrected chi connectivity index (χ3v) is 3.65. The van der Waals surface area contributed by atoms with Gasteiger partial charge in [-0.1, -0.05) is 18.2 Å². The number of nitrogen functional groups attached to an aromatic ring is 1. The maximum Gasteiger partial charge on any atom is 0.167 e. The third kappa shape index (κ3) is 2.56. The molecule has 0 atom stereocenters. The Morgan fingerprint density at radius 2 is 2.25 bits per heavy atom. The van der Waals surface area contributed by atoms with Gasteiger partial charge in [0.15, 0.2) is 5.78 Å². The number of nitrogens with zero attached hydrogens (tertiary/aromatic N) is 1. The molecule has 3 N–H and O–H groups in total. The lowest BCUT2D eigenvalue weighted by Crippen LogP contribution is -2.25. The summed E-state index contributed by atoms with van der Waals surface area (Å²) in [5, 5.41) is 3.33. The van der Waals surface area contributed by atoms with Gasteiger partial charge in [-0.2, -0.15) is 0 Å². The van der Waals surface area contributed by atoms with Crippen molar-refractivity contribution in [2.45, 2.75) is 19.4 Å². The lowest BCUT2D eigenvalue weighted by atomic mass is 9.91. The fourth-order valence-corrected chi connectivity index (χ4v) is 2.68. The molecule has 20 heavy (non-hydrogen) atoms. The van der Waals surface area contributed by atoms with Crippen LogP contribution in [0.1, 0.15) is 27.0 Å². The van der Waals surface area contributed by atoms with Gasteiger partial charge in [-0.3, -0.25) is 4.79 Å². The number of rotatable bonds is 3. The molecule has 2 heterocycles. The molecule has 2 aromatic rings. The van der Waals surface area contributed by atoms with Gasteiger partial charge in [0, 0.05) is 24.7 Å². The molecule has 0 fully saturated rings. The molecule has 0 bridgehead atoms. The number of hydrogen-bond donors (Lipinski definition) is 2. The Labute approximate surface area is 118 Å². The van der Waals surface area contributed by atoms with E-state index in [1.807, 2.05) is 18.2 Å². The number of hydrogen-bond acceptors (Lipinski definition) is 4. The molecule has 0 unspecified atom stereocenters. The van der Waals surface area contributed by atoms with Crippen LogP contribution in [0.15, 0.2) is 36.5 Å². The fraction of sp³-hybridized carbons (Fsp3) is 0.250. The van der Waals surface area contributed by atoms with Crippen LogP contribution in [0.4, 0.5) is 5.82 Å². The highest BCUT2D eigenvalue weighted by Gasteiger charge is 2.17. The number of benzene rings is 1. The van der Waals surface area contributed by atoms with Crippen LogP contribution in [-0.4, -0.2) is 17.3 Å². The summed E-state index contributed by atoms with van der Waals surface area (Å²) in [6, 6.07) is 9.57. The lowest BCUT2D eigenvalue weighted by molar-refractivity contribution is 0.0992. The van der Waals surface area contributed by atoms with Crippen molar-refractivity contribution < 1.29 is 4.79 Å². The van der Waals surface area contributed by atoms with Crippen molar-refractivity contribution in [2.75, 3.05) is 12.3 Å². The van der Waals surface area contributed by atoms with E-state index in [0.717, 1.165) is 30.6 Å². The van der Waals surface area contributed by atoms with Crippen LogP contribution < -0.4 is 11.1 Å². The summed E-state index contributed by atoms with van der Waals surface area (Å²) in [5.41, 5.74) is 9.84. The Morgan fingerprint density at radius 3 is 3.10 bits per heavy atom. The Kier molecular flexibility index (Phi) is 3.48. The second-order valence-corrected chi connectivity index (χ2v) is 5.06. The highest BCUT2D eigenvalue weighted by molar-refractivity contribution is 5.99. The lowest BCUT2D eigenvalue weighted by Gasteiger charge is -2.19. The van der Waals surface area contributed by atoms with E-state index in [1.54, 1.807) is 12.3 Å². The monoisotopic (exact) mass is 267 g/mol. The van der Waals surface area contributed by atoms with Gasteiger partial charge in [-0.25, -0.2) is 4.98 Å². The van der Waals surface area contributed by atoms with Gasteiger partial charge < -0.3 is 11.1 Å². The van der Waals surface area contributed by atoms with E-state index in [9.17, 15) is 4.79 Å². The van der Waals surface area contributed by atoms with Crippen molar-refractivity contribution in [1.29, 1.82) is 0 Å². The molecule has 0 saturated carbocycles. The average molecular weight is 267 g/mol. The molecule has 0 saturated heterocycles. The molecule has 0 spiro atoms. The van der Waals surface area contributed by atoms with E-state index in [4.69, 9.17) is 5.73 Å². The third-order valence-electron chi connectivity index (χ3n) is 3.65. The molecular formula is C16H17N3O. The maximum absolute atomic E-state index is 12.5. The average Bonchev–Trinajstić information content (AvgIpc) is 2.46. The minimum atomic E-state index is 0.148. The molecule has 4 heteroatoms. The zero-order valence-electron chi connectivity index (χ0n) is 11.2. The molecule has 102 valence electrons. The molecule has 3 rings (SSSR count). The Balaban J connectivity index is 1.88. The highest BCUT2D eigenvalue weighted by Crippen LogP contribution is 2.20. The highest BCUT2D eigenvalue weighted by atomic mass is 16.1. The quantitative estimate of drug-likeness (QED) is 0.831. The number of carbonyl (C=O) groups is 1. The van der Waals surface area contributed by atoms with Gasteiger partial charge in [-0.05, 0) is 41.8 Å². The zero-order valence-corrected chi connectivity index (χ0v) is 11.2. The van der Waals surface area contributed by atoms with E-state index in [1.165, 1.54) is 11.1 Å². The zero-order chi connectivity index (χ0) is 13.9. The summed E-state index contributed by atoms with van der Waals surface area (Å²) in [4.78, 5) is 16.5. The van der Waals surface area contributed by atoms with Crippen LogP contribution in [0.25, 0.3) is 0 Å². The van der Waals surface area contributed by atoms with Crippen LogP contribution in [0.5, 0.6) is 0 Å². The van der Waals surface area contributed by atoms with E-state index in [0.29, 0.717) is 12.2 Å². The molecule has 0 aliphatic carbocycles. The van der Waals surface area contributed by atoms with Gasteiger partial charge in [0.05, 0.1) is 0 Å². The molecule has 0 amide bonds. The first kappa shape index (κ1) is 12.8. The maximum atomic E-state index is 12.5. The van der Waals surface area contributed by atoms with Gasteiger partial charge in [0.2, 0.25) is 0 Å². The van der Waals surface area contributed by atoms with Crippen molar-refractivity contribution in [1.82, 2.24) is 10.3 Å². The number of pyridine rings is 1. The predicted octanol–water partition coefficient (Wildman–Crippen LogP) is 1.73. The molecule has 1 aromatic carbocycles. The largest absolute Gasteiger partial charge is 0.384 e. The van der Waals surface area contributed by atoms with Crippen molar-refractivity contribution in [3.8, 4) is 0 Å². The minimum absolute atomic E-state index is 0.148. The summed E-state index contributed by atoms with van der Waals surface area (Å²) >= 11 is 0. The Bertz CT molecular complexity index is 652. The number of ketones is 1. The molecule has 1 aliphatic rings. The standard InChI is InChI=1S/C16H17N3O/c17-16-9-11(4-7-19-16)8-15(20)14-3-1-2-12-10-18-6-5-13(12)14/h1-4,7,9,18H,5-6,8,10H2,(H2,17,19). The number of carbonyl (C=O) groups excluding carboxylic acids is 1. The van der Waals surface area contributed by atoms with Crippen LogP contribution in [0, 0.1) is 0 Å². The van der Waals surface area contributed by atoms with Crippen molar-refractivity contribution in [3.05, 3.63) is 58.8 Å². The molecular weight excluding hydrogens is 250 g/mol. The SMILES string of the molecule is Nc1cc(CC(=O)c2cccc3c2CCNC3)ccn1. The fourth-order valence-electron chi connectivity index (χ4n) is 2.68. The normalized spacial score (nSPS) is 13.8. The number of Topliss-reactive ketones (excluding diaryl/α,β-unsaturated/α-hetero) is 1. The minimum Gasteiger partial charge on any atom is -0.384 e. The molecule has 4 nitrogen and oxygen atoms in total. The number of fused-ring (bicyclic) bond motifs is 1. The number of aromatic nitrogens is 1. The van der Waals surface area contributed by atoms with Crippen LogP contribution in [0.3, 0.4) is 0 Å². The number of nitrogens with two attached hydrogens (primary N) is 1. The van der Waals surface area contributed by atoms with Gasteiger partial charge in [0.1, 0.15) is 5.82 Å². The van der Waals surface area contributed by atoms with Crippen LogP contribution in [-0.2, 0) is 19.4 Å². The Hall–Kier alpha value is -2.20. The van der Waals surface area contributed by atoms with Gasteiger partial charge in [-0.15, -0.1) is 0 Å². The van der Waals surface area contributed by atoms with Crippen molar-refractivity contribution in [2.24, 2.45) is 0 Å². The Morgan fingerprint density at radius 1 is 1.35 bits per heavy atom. The molecule has 1 aliphatic heterocycles. The summed E-state index contributed by atoms with van der Waals surface area (Å²) in [7, 11) is 0. The first-order valence-corrected chi connectivity index (χ1v) is 6.79. The second kappa shape index (κ2) is 5.43. The summed E-state index contributed by atoms with van der Waals surface area (Å²) in [6.45, 7) is 1.78. The number of anilines is 1. The topological polar surface area (TPSA) is 68.0 Å². The summed E-state index contributed by atoms with van der Waals surface area (Å²) < 4.78 is 0. The molecule has 0 radical (unpaired) electrons. The van der Waals surface area contributed by atoms with E-state index in [2.05, 4.69) is 16.4 Å². The van der Waals surface area contributed by atoms with E-state index >= 15 is 0 Å². The van der Waals surface area contributed by atoms with Gasteiger partial charge >= 0.3 is 0 Å². The molecule has 1 aromatic heterocycles. The van der Waals surface area contributed by atoms with E-state index < -0.39 is 0 Å². The van der Waals surface area contributed by atoms with Crippen LogP contribution >= 0.6 is 0 Å². The second-order valence-electron chi connectivity index (χ2n) is 5.06. The van der Waals surface area contributed by atoms with Crippen LogP contribution in [0.2, 0.25) is 0 Å². The van der Waals surface area contributed by atoms with E-state index in [-0.39, 0.29) is 5.78 Å². The summed E-state index contributed by atoms with van der Waals surface area (Å²) in [6.07, 6.45) is 2.93. The van der Waals surface area contributed by atoms with Crippen molar-refractivity contribution in [3.63, 3.8) is 0 Å². The summed E-state index contributed by atoms with van der Waals surface area (Å²) in [5.74, 6) is 0.601. The van der Waals surface area contributed by atoms with Gasteiger partial charge in [0.25, 0.3) is 0 Å². The first-order valence-electron chi connectivity index (χ1n) is 6.79. The predicted molar refractivity (Wildman–Crippen MR) is 78.5 cm³/mol. The van der Waals surface area contributed by atoms with Crippen molar-refractivity contribution >= 4 is 11.6 Å². The number of nitrogens with one attached hydrogen (secondary N) is 1.